The molecule has 0 spiro atoms. The minimum Gasteiger partial charge on any atom is -0.377 e. The predicted molar refractivity (Wildman–Crippen MR) is 66.6 cm³/mol. The molecule has 0 heterocycles. The van der Waals surface area contributed by atoms with Crippen molar-refractivity contribution in [2.45, 2.75) is 38.8 Å². The average molecular weight is 237 g/mol. The normalized spacial score (nSPS) is 18.7. The Hall–Kier alpha value is -0.930. The lowest BCUT2D eigenvalue weighted by Crippen LogP contribution is -2.24. The molecule has 0 saturated carbocycles. The lowest BCUT2D eigenvalue weighted by atomic mass is 10.1. The summed E-state index contributed by atoms with van der Waals surface area (Å²) in [7, 11) is 0. The van der Waals surface area contributed by atoms with E-state index >= 15 is 0 Å². The zero-order chi connectivity index (χ0) is 12.3. The van der Waals surface area contributed by atoms with Gasteiger partial charge >= 0.3 is 0 Å². The minimum atomic E-state index is -0.132. The Bertz CT molecular complexity index is 378. The Labute approximate surface area is 102 Å². The number of benzene rings is 1. The smallest absolute Gasteiger partial charge is 0.123 e. The maximum Gasteiger partial charge on any atom is 0.123 e. The Morgan fingerprint density at radius 1 is 1.47 bits per heavy atom. The summed E-state index contributed by atoms with van der Waals surface area (Å²) in [5.41, 5.74) is 2.39. The van der Waals surface area contributed by atoms with E-state index in [1.807, 2.05) is 19.9 Å². The molecule has 1 unspecified atom stereocenters. The van der Waals surface area contributed by atoms with Crippen molar-refractivity contribution in [1.29, 1.82) is 0 Å². The first-order chi connectivity index (χ1) is 8.16. The van der Waals surface area contributed by atoms with Gasteiger partial charge in [-0.25, -0.2) is 4.39 Å². The number of halogens is 1. The highest BCUT2D eigenvalue weighted by Crippen LogP contribution is 2.31. The Balaban J connectivity index is 1.85. The summed E-state index contributed by atoms with van der Waals surface area (Å²) < 4.78 is 18.5. The van der Waals surface area contributed by atoms with Gasteiger partial charge in [0.2, 0.25) is 0 Å². The highest BCUT2D eigenvalue weighted by molar-refractivity contribution is 5.34. The van der Waals surface area contributed by atoms with Crippen molar-refractivity contribution in [2.24, 2.45) is 0 Å². The van der Waals surface area contributed by atoms with Crippen molar-refractivity contribution in [3.05, 3.63) is 35.1 Å². The Morgan fingerprint density at radius 2 is 2.29 bits per heavy atom. The first-order valence-corrected chi connectivity index (χ1v) is 6.30. The van der Waals surface area contributed by atoms with Crippen LogP contribution in [0.1, 0.15) is 37.4 Å². The molecule has 0 bridgehead atoms. The van der Waals surface area contributed by atoms with Gasteiger partial charge in [0.05, 0.1) is 12.7 Å². The molecule has 2 nitrogen and oxygen atoms in total. The lowest BCUT2D eigenvalue weighted by Gasteiger charge is -2.15. The first kappa shape index (κ1) is 12.5. The molecule has 1 aliphatic rings. The van der Waals surface area contributed by atoms with E-state index in [-0.39, 0.29) is 11.9 Å². The summed E-state index contributed by atoms with van der Waals surface area (Å²) in [6.07, 6.45) is 2.30. The molecule has 0 aliphatic heterocycles. The second-order valence-corrected chi connectivity index (χ2v) is 4.81. The van der Waals surface area contributed by atoms with Gasteiger partial charge in [-0.3, -0.25) is 0 Å². The van der Waals surface area contributed by atoms with Gasteiger partial charge in [-0.05, 0) is 49.9 Å². The molecule has 94 valence electrons. The van der Waals surface area contributed by atoms with Crippen LogP contribution in [-0.4, -0.2) is 19.3 Å². The summed E-state index contributed by atoms with van der Waals surface area (Å²) in [5, 5.41) is 3.47. The molecular formula is C14H20FNO. The van der Waals surface area contributed by atoms with Crippen LogP contribution in [0.25, 0.3) is 0 Å². The quantitative estimate of drug-likeness (QED) is 0.795. The SMILES string of the molecule is CC(C)OCCNC1CCc2cc(F)ccc21. The van der Waals surface area contributed by atoms with Crippen LogP contribution in [0.2, 0.25) is 0 Å². The zero-order valence-electron chi connectivity index (χ0n) is 10.5. The Morgan fingerprint density at radius 3 is 3.06 bits per heavy atom. The van der Waals surface area contributed by atoms with Gasteiger partial charge in [0.1, 0.15) is 5.82 Å². The topological polar surface area (TPSA) is 21.3 Å². The summed E-state index contributed by atoms with van der Waals surface area (Å²) in [6, 6.07) is 5.46. The number of ether oxygens (including phenoxy) is 1. The van der Waals surface area contributed by atoms with E-state index < -0.39 is 0 Å². The highest BCUT2D eigenvalue weighted by atomic mass is 19.1. The second kappa shape index (κ2) is 5.61. The molecule has 0 amide bonds. The van der Waals surface area contributed by atoms with E-state index in [1.165, 1.54) is 5.56 Å². The molecule has 1 atom stereocenters. The molecule has 17 heavy (non-hydrogen) atoms. The molecule has 0 fully saturated rings. The molecule has 0 saturated heterocycles. The predicted octanol–water partition coefficient (Wildman–Crippen LogP) is 2.83. The van der Waals surface area contributed by atoms with Gasteiger partial charge in [-0.1, -0.05) is 6.07 Å². The van der Waals surface area contributed by atoms with E-state index in [4.69, 9.17) is 4.74 Å². The van der Waals surface area contributed by atoms with Crippen molar-refractivity contribution in [1.82, 2.24) is 5.32 Å². The molecule has 3 heteroatoms. The van der Waals surface area contributed by atoms with Crippen LogP contribution in [0, 0.1) is 5.82 Å². The zero-order valence-corrected chi connectivity index (χ0v) is 10.5. The number of aryl methyl sites for hydroxylation is 1. The molecule has 1 aromatic carbocycles. The van der Waals surface area contributed by atoms with E-state index in [0.29, 0.717) is 6.04 Å². The molecule has 0 aromatic heterocycles. The average Bonchev–Trinajstić information content (AvgIpc) is 2.66. The summed E-state index contributed by atoms with van der Waals surface area (Å²) in [6.45, 7) is 5.64. The Kier molecular flexibility index (Phi) is 4.13. The van der Waals surface area contributed by atoms with Crippen molar-refractivity contribution in [3.8, 4) is 0 Å². The van der Waals surface area contributed by atoms with Crippen LogP contribution in [-0.2, 0) is 11.2 Å². The van der Waals surface area contributed by atoms with Gasteiger partial charge in [-0.2, -0.15) is 0 Å². The number of rotatable bonds is 5. The van der Waals surface area contributed by atoms with Crippen molar-refractivity contribution < 1.29 is 9.13 Å². The number of hydrogen-bond donors (Lipinski definition) is 1. The maximum absolute atomic E-state index is 13.0. The standard InChI is InChI=1S/C14H20FNO/c1-10(2)17-8-7-16-14-6-3-11-9-12(15)4-5-13(11)14/h4-5,9-10,14,16H,3,6-8H2,1-2H3. The number of fused-ring (bicyclic) bond motifs is 1. The van der Waals surface area contributed by atoms with Crippen molar-refractivity contribution in [3.63, 3.8) is 0 Å². The van der Waals surface area contributed by atoms with Crippen molar-refractivity contribution >= 4 is 0 Å². The van der Waals surface area contributed by atoms with Crippen LogP contribution in [0.3, 0.4) is 0 Å². The summed E-state index contributed by atoms with van der Waals surface area (Å²) in [4.78, 5) is 0. The van der Waals surface area contributed by atoms with Crippen LogP contribution >= 0.6 is 0 Å². The van der Waals surface area contributed by atoms with Crippen LogP contribution < -0.4 is 5.32 Å². The van der Waals surface area contributed by atoms with E-state index in [1.54, 1.807) is 12.1 Å². The monoisotopic (exact) mass is 237 g/mol. The van der Waals surface area contributed by atoms with Gasteiger partial charge in [-0.15, -0.1) is 0 Å². The van der Waals surface area contributed by atoms with Crippen LogP contribution in [0.15, 0.2) is 18.2 Å². The van der Waals surface area contributed by atoms with Gasteiger partial charge in [0, 0.05) is 12.6 Å². The minimum absolute atomic E-state index is 0.132. The number of nitrogens with one attached hydrogen (secondary N) is 1. The molecular weight excluding hydrogens is 217 g/mol. The molecule has 1 N–H and O–H groups in total. The van der Waals surface area contributed by atoms with Gasteiger partial charge < -0.3 is 10.1 Å². The van der Waals surface area contributed by atoms with Gasteiger partial charge in [0.15, 0.2) is 0 Å². The molecule has 2 rings (SSSR count). The third-order valence-electron chi connectivity index (χ3n) is 3.13. The molecule has 1 aliphatic carbocycles. The van der Waals surface area contributed by atoms with E-state index in [9.17, 15) is 4.39 Å². The van der Waals surface area contributed by atoms with E-state index in [0.717, 1.165) is 31.6 Å². The van der Waals surface area contributed by atoms with Crippen molar-refractivity contribution in [2.75, 3.05) is 13.2 Å². The fraction of sp³-hybridized carbons (Fsp3) is 0.571. The fourth-order valence-corrected chi connectivity index (χ4v) is 2.33. The fourth-order valence-electron chi connectivity index (χ4n) is 2.33. The summed E-state index contributed by atoms with van der Waals surface area (Å²) in [5.74, 6) is -0.132. The van der Waals surface area contributed by atoms with E-state index in [2.05, 4.69) is 5.32 Å². The summed E-state index contributed by atoms with van der Waals surface area (Å²) >= 11 is 0. The molecule has 0 radical (unpaired) electrons. The first-order valence-electron chi connectivity index (χ1n) is 6.30. The molecule has 1 aromatic rings. The van der Waals surface area contributed by atoms with Crippen LogP contribution in [0.5, 0.6) is 0 Å². The maximum atomic E-state index is 13.0. The highest BCUT2D eigenvalue weighted by Gasteiger charge is 2.21. The van der Waals surface area contributed by atoms with Crippen LogP contribution in [0.4, 0.5) is 4.39 Å². The lowest BCUT2D eigenvalue weighted by molar-refractivity contribution is 0.0793. The number of hydrogen-bond acceptors (Lipinski definition) is 2. The third-order valence-corrected chi connectivity index (χ3v) is 3.13. The largest absolute Gasteiger partial charge is 0.377 e. The van der Waals surface area contributed by atoms with Gasteiger partial charge in [0.25, 0.3) is 0 Å². The second-order valence-electron chi connectivity index (χ2n) is 4.81. The third kappa shape index (κ3) is 3.27.